The van der Waals surface area contributed by atoms with Crippen molar-refractivity contribution in [2.45, 2.75) is 13.8 Å². The lowest BCUT2D eigenvalue weighted by Gasteiger charge is -2.03. The Morgan fingerprint density at radius 1 is 1.14 bits per heavy atom. The molecule has 3 aromatic rings. The molecule has 0 bridgehead atoms. The quantitative estimate of drug-likeness (QED) is 0.510. The minimum absolute atomic E-state index is 0.00175. The number of esters is 1. The molecule has 1 heterocycles. The van der Waals surface area contributed by atoms with Crippen LogP contribution in [0.15, 0.2) is 54.6 Å². The van der Waals surface area contributed by atoms with Crippen molar-refractivity contribution in [3.8, 4) is 5.69 Å². The number of benzene rings is 2. The third kappa shape index (κ3) is 5.13. The molecule has 0 atom stereocenters. The second-order valence-electron chi connectivity index (χ2n) is 6.03. The number of ether oxygens (including phenoxy) is 1. The number of halogens is 1. The highest BCUT2D eigenvalue weighted by atomic mass is 19.1. The van der Waals surface area contributed by atoms with Crippen LogP contribution in [0, 0.1) is 12.7 Å². The van der Waals surface area contributed by atoms with E-state index in [2.05, 4.69) is 15.4 Å². The average Bonchev–Trinajstić information content (AvgIpc) is 3.10. The van der Waals surface area contributed by atoms with Crippen molar-refractivity contribution in [1.29, 1.82) is 0 Å². The lowest BCUT2D eigenvalue weighted by Crippen LogP contribution is -2.14. The van der Waals surface area contributed by atoms with E-state index in [1.54, 1.807) is 56.3 Å². The van der Waals surface area contributed by atoms with Gasteiger partial charge in [-0.15, -0.1) is 5.10 Å². The standard InChI is InChI=1S/C21H19FN4O3/c1-3-29-19(27)13-6-15-4-9-17(10-5-15)24-21(28)20-23-14(2)26(25-20)18-11-7-16(22)8-12-18/h4-13H,3H2,1-2H3,(H,24,28)/b13-6+. The summed E-state index contributed by atoms with van der Waals surface area (Å²) < 4.78 is 19.4. The summed E-state index contributed by atoms with van der Waals surface area (Å²) in [7, 11) is 0. The van der Waals surface area contributed by atoms with Crippen molar-refractivity contribution >= 4 is 23.6 Å². The highest BCUT2D eigenvalue weighted by Crippen LogP contribution is 2.14. The molecule has 3 rings (SSSR count). The van der Waals surface area contributed by atoms with E-state index in [4.69, 9.17) is 4.74 Å². The number of hydrogen-bond donors (Lipinski definition) is 1. The zero-order valence-electron chi connectivity index (χ0n) is 15.9. The Bertz CT molecular complexity index is 1040. The normalized spacial score (nSPS) is 10.9. The molecule has 29 heavy (non-hydrogen) atoms. The minimum Gasteiger partial charge on any atom is -0.463 e. The Hall–Kier alpha value is -3.81. The predicted molar refractivity (Wildman–Crippen MR) is 106 cm³/mol. The Balaban J connectivity index is 1.68. The number of anilines is 1. The van der Waals surface area contributed by atoms with E-state index in [-0.39, 0.29) is 11.6 Å². The fourth-order valence-corrected chi connectivity index (χ4v) is 2.53. The zero-order chi connectivity index (χ0) is 20.8. The Morgan fingerprint density at radius 3 is 2.48 bits per heavy atom. The third-order valence-electron chi connectivity index (χ3n) is 3.91. The molecular weight excluding hydrogens is 375 g/mol. The molecule has 7 nitrogen and oxygen atoms in total. The molecule has 0 aliphatic carbocycles. The number of carbonyl (C=O) groups excluding carboxylic acids is 2. The second-order valence-corrected chi connectivity index (χ2v) is 6.03. The van der Waals surface area contributed by atoms with Gasteiger partial charge in [-0.05, 0) is 61.9 Å². The van der Waals surface area contributed by atoms with E-state index >= 15 is 0 Å². The molecule has 1 amide bonds. The SMILES string of the molecule is CCOC(=O)/C=C/c1ccc(NC(=O)c2nc(C)n(-c3ccc(F)cc3)n2)cc1. The minimum atomic E-state index is -0.469. The van der Waals surface area contributed by atoms with Crippen LogP contribution in [-0.2, 0) is 9.53 Å². The zero-order valence-corrected chi connectivity index (χ0v) is 15.9. The molecule has 0 aliphatic heterocycles. The van der Waals surface area contributed by atoms with Crippen LogP contribution in [0.25, 0.3) is 11.8 Å². The van der Waals surface area contributed by atoms with E-state index in [1.165, 1.54) is 22.9 Å². The van der Waals surface area contributed by atoms with Crippen LogP contribution in [0.1, 0.15) is 28.9 Å². The topological polar surface area (TPSA) is 86.1 Å². The Labute approximate surface area is 166 Å². The first-order valence-electron chi connectivity index (χ1n) is 8.92. The van der Waals surface area contributed by atoms with Gasteiger partial charge in [-0.1, -0.05) is 12.1 Å². The lowest BCUT2D eigenvalue weighted by atomic mass is 10.2. The molecule has 2 aromatic carbocycles. The van der Waals surface area contributed by atoms with Crippen molar-refractivity contribution in [2.75, 3.05) is 11.9 Å². The summed E-state index contributed by atoms with van der Waals surface area (Å²) in [6, 6.07) is 12.6. The number of rotatable bonds is 6. The molecule has 0 saturated heterocycles. The highest BCUT2D eigenvalue weighted by molar-refractivity contribution is 6.01. The van der Waals surface area contributed by atoms with Crippen molar-refractivity contribution < 1.29 is 18.7 Å². The largest absolute Gasteiger partial charge is 0.463 e. The van der Waals surface area contributed by atoms with Crippen molar-refractivity contribution in [1.82, 2.24) is 14.8 Å². The van der Waals surface area contributed by atoms with Gasteiger partial charge in [0, 0.05) is 11.8 Å². The number of nitrogens with one attached hydrogen (secondary N) is 1. The maximum absolute atomic E-state index is 13.1. The number of carbonyl (C=O) groups is 2. The smallest absolute Gasteiger partial charge is 0.330 e. The van der Waals surface area contributed by atoms with Crippen molar-refractivity contribution in [3.05, 3.63) is 77.6 Å². The number of hydrogen-bond acceptors (Lipinski definition) is 5. The first-order chi connectivity index (χ1) is 14.0. The van der Waals surface area contributed by atoms with Crippen LogP contribution in [0.3, 0.4) is 0 Å². The van der Waals surface area contributed by atoms with Crippen molar-refractivity contribution in [2.24, 2.45) is 0 Å². The lowest BCUT2D eigenvalue weighted by molar-refractivity contribution is -0.137. The van der Waals surface area contributed by atoms with Gasteiger partial charge >= 0.3 is 5.97 Å². The monoisotopic (exact) mass is 394 g/mol. The summed E-state index contributed by atoms with van der Waals surface area (Å²) in [5.41, 5.74) is 1.94. The van der Waals surface area contributed by atoms with Gasteiger partial charge in [0.1, 0.15) is 11.6 Å². The Morgan fingerprint density at radius 2 is 1.83 bits per heavy atom. The van der Waals surface area contributed by atoms with Gasteiger partial charge in [-0.25, -0.2) is 18.9 Å². The number of amides is 1. The summed E-state index contributed by atoms with van der Waals surface area (Å²) in [5, 5.41) is 6.92. The molecule has 1 N–H and O–H groups in total. The summed E-state index contributed by atoms with van der Waals surface area (Å²) in [5.74, 6) is -0.740. The molecule has 0 saturated carbocycles. The molecule has 148 valence electrons. The van der Waals surface area contributed by atoms with E-state index in [9.17, 15) is 14.0 Å². The average molecular weight is 394 g/mol. The van der Waals surface area contributed by atoms with Crippen LogP contribution in [0.5, 0.6) is 0 Å². The fraction of sp³-hybridized carbons (Fsp3) is 0.143. The van der Waals surface area contributed by atoms with Gasteiger partial charge in [-0.3, -0.25) is 4.79 Å². The molecular formula is C21H19FN4O3. The van der Waals surface area contributed by atoms with Gasteiger partial charge in [0.2, 0.25) is 5.82 Å². The van der Waals surface area contributed by atoms with Gasteiger partial charge in [0.25, 0.3) is 5.91 Å². The van der Waals surface area contributed by atoms with E-state index in [0.29, 0.717) is 23.8 Å². The summed E-state index contributed by atoms with van der Waals surface area (Å²) >= 11 is 0. The summed E-state index contributed by atoms with van der Waals surface area (Å²) in [4.78, 5) is 28.0. The fourth-order valence-electron chi connectivity index (χ4n) is 2.53. The van der Waals surface area contributed by atoms with E-state index < -0.39 is 11.9 Å². The summed E-state index contributed by atoms with van der Waals surface area (Å²) in [6.45, 7) is 3.76. The van der Waals surface area contributed by atoms with Crippen LogP contribution >= 0.6 is 0 Å². The maximum atomic E-state index is 13.1. The highest BCUT2D eigenvalue weighted by Gasteiger charge is 2.15. The summed E-state index contributed by atoms with van der Waals surface area (Å²) in [6.07, 6.45) is 2.96. The molecule has 0 unspecified atom stereocenters. The number of aryl methyl sites for hydroxylation is 1. The van der Waals surface area contributed by atoms with Crippen LogP contribution in [-0.4, -0.2) is 33.2 Å². The molecule has 1 aromatic heterocycles. The van der Waals surface area contributed by atoms with Crippen LogP contribution in [0.4, 0.5) is 10.1 Å². The Kier molecular flexibility index (Phi) is 6.13. The van der Waals surface area contributed by atoms with Gasteiger partial charge < -0.3 is 10.1 Å². The third-order valence-corrected chi connectivity index (χ3v) is 3.91. The van der Waals surface area contributed by atoms with Crippen molar-refractivity contribution in [3.63, 3.8) is 0 Å². The van der Waals surface area contributed by atoms with Gasteiger partial charge in [-0.2, -0.15) is 0 Å². The van der Waals surface area contributed by atoms with E-state index in [0.717, 1.165) is 5.56 Å². The molecule has 0 fully saturated rings. The van der Waals surface area contributed by atoms with Crippen LogP contribution in [0.2, 0.25) is 0 Å². The number of aromatic nitrogens is 3. The van der Waals surface area contributed by atoms with Crippen LogP contribution < -0.4 is 5.32 Å². The molecule has 0 radical (unpaired) electrons. The second kappa shape index (κ2) is 8.92. The first kappa shape index (κ1) is 19.9. The first-order valence-corrected chi connectivity index (χ1v) is 8.92. The van der Waals surface area contributed by atoms with Gasteiger partial charge in [0.15, 0.2) is 0 Å². The van der Waals surface area contributed by atoms with E-state index in [1.807, 2.05) is 0 Å². The molecule has 8 heteroatoms. The molecule has 0 spiro atoms. The maximum Gasteiger partial charge on any atom is 0.330 e. The predicted octanol–water partition coefficient (Wildman–Crippen LogP) is 3.54. The molecule has 0 aliphatic rings. The van der Waals surface area contributed by atoms with Gasteiger partial charge in [0.05, 0.1) is 12.3 Å². The number of nitrogens with zero attached hydrogens (tertiary/aromatic N) is 3.